The summed E-state index contributed by atoms with van der Waals surface area (Å²) in [6.45, 7) is -1.52. The van der Waals surface area contributed by atoms with Gasteiger partial charge in [-0.25, -0.2) is 9.97 Å². The second-order valence-corrected chi connectivity index (χ2v) is 5.65. The van der Waals surface area contributed by atoms with Crippen molar-refractivity contribution in [2.24, 2.45) is 0 Å². The highest BCUT2D eigenvalue weighted by atomic mass is 19.3. The molecule has 7 nitrogen and oxygen atoms in total. The Morgan fingerprint density at radius 2 is 2.20 bits per heavy atom. The SMILES string of the molecule is OCC1CCCN1c1cc(NCc2ccc(OC(F)F)cn2)ncn1. The maximum Gasteiger partial charge on any atom is 0.387 e. The van der Waals surface area contributed by atoms with Crippen LogP contribution in [0.4, 0.5) is 20.4 Å². The van der Waals surface area contributed by atoms with Gasteiger partial charge in [-0.1, -0.05) is 0 Å². The van der Waals surface area contributed by atoms with Crippen LogP contribution in [0.1, 0.15) is 18.5 Å². The molecule has 2 aromatic heterocycles. The van der Waals surface area contributed by atoms with Crippen LogP contribution in [0.5, 0.6) is 5.75 Å². The van der Waals surface area contributed by atoms with Gasteiger partial charge in [-0.15, -0.1) is 0 Å². The summed E-state index contributed by atoms with van der Waals surface area (Å²) in [5, 5.41) is 12.6. The van der Waals surface area contributed by atoms with Crippen molar-refractivity contribution in [2.45, 2.75) is 32.0 Å². The van der Waals surface area contributed by atoms with E-state index in [1.807, 2.05) is 6.07 Å². The van der Waals surface area contributed by atoms with Crippen molar-refractivity contribution < 1.29 is 18.6 Å². The zero-order valence-corrected chi connectivity index (χ0v) is 13.5. The standard InChI is InChI=1S/C16H19F2N5O2/c17-16(18)25-13-4-3-11(19-8-13)7-20-14-6-15(22-10-21-14)23-5-1-2-12(23)9-24/h3-4,6,8,10,12,16,24H,1-2,5,7,9H2,(H,20,21,22). The molecule has 2 N–H and O–H groups in total. The molecule has 0 aliphatic carbocycles. The molecular formula is C16H19F2N5O2. The number of pyridine rings is 1. The first-order chi connectivity index (χ1) is 12.2. The van der Waals surface area contributed by atoms with Gasteiger partial charge in [-0.2, -0.15) is 8.78 Å². The first kappa shape index (κ1) is 17.3. The smallest absolute Gasteiger partial charge is 0.387 e. The van der Waals surface area contributed by atoms with E-state index in [9.17, 15) is 13.9 Å². The van der Waals surface area contributed by atoms with Gasteiger partial charge in [-0.05, 0) is 25.0 Å². The number of rotatable bonds is 7. The molecular weight excluding hydrogens is 332 g/mol. The van der Waals surface area contributed by atoms with E-state index < -0.39 is 6.61 Å². The summed E-state index contributed by atoms with van der Waals surface area (Å²) in [6.07, 6.45) is 4.69. The van der Waals surface area contributed by atoms with Gasteiger partial charge in [0.2, 0.25) is 0 Å². The topological polar surface area (TPSA) is 83.4 Å². The Morgan fingerprint density at radius 3 is 2.92 bits per heavy atom. The van der Waals surface area contributed by atoms with Crippen molar-refractivity contribution in [3.8, 4) is 5.75 Å². The van der Waals surface area contributed by atoms with Crippen LogP contribution in [0.2, 0.25) is 0 Å². The molecule has 9 heteroatoms. The van der Waals surface area contributed by atoms with E-state index in [0.29, 0.717) is 18.1 Å². The second-order valence-electron chi connectivity index (χ2n) is 5.65. The van der Waals surface area contributed by atoms with E-state index in [0.717, 1.165) is 25.2 Å². The Hall–Kier alpha value is -2.55. The summed E-state index contributed by atoms with van der Waals surface area (Å²) < 4.78 is 28.5. The lowest BCUT2D eigenvalue weighted by molar-refractivity contribution is -0.0500. The van der Waals surface area contributed by atoms with Gasteiger partial charge in [0.15, 0.2) is 0 Å². The largest absolute Gasteiger partial charge is 0.433 e. The fourth-order valence-electron chi connectivity index (χ4n) is 2.80. The summed E-state index contributed by atoms with van der Waals surface area (Å²) in [5.74, 6) is 1.41. The van der Waals surface area contributed by atoms with Gasteiger partial charge in [0.05, 0.1) is 31.1 Å². The summed E-state index contributed by atoms with van der Waals surface area (Å²) in [5.41, 5.74) is 0.663. The van der Waals surface area contributed by atoms with Crippen molar-refractivity contribution in [2.75, 3.05) is 23.4 Å². The predicted molar refractivity (Wildman–Crippen MR) is 87.7 cm³/mol. The Morgan fingerprint density at radius 1 is 1.32 bits per heavy atom. The first-order valence-electron chi connectivity index (χ1n) is 7.99. The van der Waals surface area contributed by atoms with Crippen LogP contribution < -0.4 is 15.0 Å². The average molecular weight is 351 g/mol. The van der Waals surface area contributed by atoms with Crippen LogP contribution in [0, 0.1) is 0 Å². The number of anilines is 2. The van der Waals surface area contributed by atoms with Crippen molar-refractivity contribution in [1.29, 1.82) is 0 Å². The number of aliphatic hydroxyl groups excluding tert-OH is 1. The summed E-state index contributed by atoms with van der Waals surface area (Å²) >= 11 is 0. The molecule has 1 aliphatic heterocycles. The average Bonchev–Trinajstić information content (AvgIpc) is 3.10. The minimum atomic E-state index is -2.86. The van der Waals surface area contributed by atoms with Crippen molar-refractivity contribution in [3.63, 3.8) is 0 Å². The minimum absolute atomic E-state index is 0.0205. The molecule has 0 aromatic carbocycles. The molecule has 0 bridgehead atoms. The molecule has 1 fully saturated rings. The molecule has 0 amide bonds. The molecule has 0 saturated carbocycles. The van der Waals surface area contributed by atoms with Crippen LogP contribution in [0.15, 0.2) is 30.7 Å². The maximum atomic E-state index is 12.1. The highest BCUT2D eigenvalue weighted by molar-refractivity contribution is 5.50. The molecule has 0 spiro atoms. The van der Waals surface area contributed by atoms with Crippen LogP contribution in [-0.2, 0) is 6.54 Å². The first-order valence-corrected chi connectivity index (χ1v) is 7.99. The quantitative estimate of drug-likeness (QED) is 0.790. The predicted octanol–water partition coefficient (Wildman–Crippen LogP) is 2.05. The molecule has 1 saturated heterocycles. The number of ether oxygens (including phenoxy) is 1. The highest BCUT2D eigenvalue weighted by Gasteiger charge is 2.25. The van der Waals surface area contributed by atoms with E-state index in [1.165, 1.54) is 18.6 Å². The summed E-state index contributed by atoms with van der Waals surface area (Å²) in [7, 11) is 0. The molecule has 1 aliphatic rings. The lowest BCUT2D eigenvalue weighted by Gasteiger charge is -2.24. The molecule has 3 rings (SSSR count). The maximum absolute atomic E-state index is 12.1. The van der Waals surface area contributed by atoms with E-state index in [4.69, 9.17) is 0 Å². The monoisotopic (exact) mass is 351 g/mol. The third kappa shape index (κ3) is 4.50. The lowest BCUT2D eigenvalue weighted by atomic mass is 10.2. The van der Waals surface area contributed by atoms with Crippen LogP contribution in [-0.4, -0.2) is 45.9 Å². The highest BCUT2D eigenvalue weighted by Crippen LogP contribution is 2.24. The van der Waals surface area contributed by atoms with Gasteiger partial charge in [0.25, 0.3) is 0 Å². The number of hydrogen-bond acceptors (Lipinski definition) is 7. The van der Waals surface area contributed by atoms with Crippen molar-refractivity contribution in [1.82, 2.24) is 15.0 Å². The Kier molecular flexibility index (Phi) is 5.54. The van der Waals surface area contributed by atoms with Gasteiger partial charge in [0, 0.05) is 12.6 Å². The molecule has 2 aromatic rings. The van der Waals surface area contributed by atoms with E-state index in [-0.39, 0.29) is 18.4 Å². The number of halogens is 2. The van der Waals surface area contributed by atoms with E-state index in [1.54, 1.807) is 6.07 Å². The minimum Gasteiger partial charge on any atom is -0.433 e. The molecule has 1 unspecified atom stereocenters. The van der Waals surface area contributed by atoms with Crippen LogP contribution in [0.25, 0.3) is 0 Å². The normalized spacial score (nSPS) is 17.1. The molecule has 3 heterocycles. The Balaban J connectivity index is 1.61. The van der Waals surface area contributed by atoms with E-state index >= 15 is 0 Å². The molecule has 0 radical (unpaired) electrons. The number of alkyl halides is 2. The Labute approximate surface area is 143 Å². The van der Waals surface area contributed by atoms with Gasteiger partial charge < -0.3 is 20.1 Å². The zero-order chi connectivity index (χ0) is 17.6. The third-order valence-corrected chi connectivity index (χ3v) is 4.01. The molecule has 134 valence electrons. The number of aliphatic hydroxyl groups is 1. The number of hydrogen-bond donors (Lipinski definition) is 2. The molecule has 25 heavy (non-hydrogen) atoms. The fraction of sp³-hybridized carbons (Fsp3) is 0.438. The third-order valence-electron chi connectivity index (χ3n) is 4.01. The van der Waals surface area contributed by atoms with Gasteiger partial charge >= 0.3 is 6.61 Å². The van der Waals surface area contributed by atoms with Crippen molar-refractivity contribution in [3.05, 3.63) is 36.4 Å². The number of nitrogens with zero attached hydrogens (tertiary/aromatic N) is 4. The summed E-state index contributed by atoms with van der Waals surface area (Å²) in [6, 6.07) is 4.96. The van der Waals surface area contributed by atoms with Crippen molar-refractivity contribution >= 4 is 11.6 Å². The van der Waals surface area contributed by atoms with E-state index in [2.05, 4.69) is 29.9 Å². The van der Waals surface area contributed by atoms with Gasteiger partial charge in [0.1, 0.15) is 23.7 Å². The van der Waals surface area contributed by atoms with Crippen LogP contribution in [0.3, 0.4) is 0 Å². The zero-order valence-electron chi connectivity index (χ0n) is 13.5. The summed E-state index contributed by atoms with van der Waals surface area (Å²) in [4.78, 5) is 14.6. The number of nitrogens with one attached hydrogen (secondary N) is 1. The lowest BCUT2D eigenvalue weighted by Crippen LogP contribution is -2.32. The second kappa shape index (κ2) is 8.02. The Bertz CT molecular complexity index is 686. The number of aromatic nitrogens is 3. The van der Waals surface area contributed by atoms with Gasteiger partial charge in [-0.3, -0.25) is 4.98 Å². The van der Waals surface area contributed by atoms with Crippen LogP contribution >= 0.6 is 0 Å². The molecule has 1 atom stereocenters. The fourth-order valence-corrected chi connectivity index (χ4v) is 2.80.